The number of benzene rings is 1. The predicted molar refractivity (Wildman–Crippen MR) is 125 cm³/mol. The molecule has 1 aliphatic carbocycles. The first-order chi connectivity index (χ1) is 15.5. The number of hydrogen-bond donors (Lipinski definition) is 3. The Hall–Kier alpha value is -1.92. The number of rotatable bonds is 9. The molecule has 176 valence electrons. The molecule has 6 heteroatoms. The Labute approximate surface area is 191 Å². The molecule has 3 aliphatic rings. The molecule has 2 saturated heterocycles. The maximum atomic E-state index is 12.5. The summed E-state index contributed by atoms with van der Waals surface area (Å²) in [5.74, 6) is 0.594. The van der Waals surface area contributed by atoms with E-state index in [1.54, 1.807) is 6.07 Å². The van der Waals surface area contributed by atoms with Crippen LogP contribution in [-0.4, -0.2) is 53.1 Å². The highest BCUT2D eigenvalue weighted by atomic mass is 16.3. The average Bonchev–Trinajstić information content (AvgIpc) is 3.13. The SMILES string of the molecule is NC(=O)c1cccc(C2CC3CCC(CCN(CCC4CCCCC4)C(=O)CO)(C2)N3)c1. The highest BCUT2D eigenvalue weighted by molar-refractivity contribution is 5.92. The molecular weight excluding hydrogens is 402 g/mol. The summed E-state index contributed by atoms with van der Waals surface area (Å²) in [7, 11) is 0. The van der Waals surface area contributed by atoms with Gasteiger partial charge < -0.3 is 21.1 Å². The monoisotopic (exact) mass is 441 g/mol. The Balaban J connectivity index is 1.39. The lowest BCUT2D eigenvalue weighted by Gasteiger charge is -2.41. The standard InChI is InChI=1S/C26H39N3O3/c27-25(32)21-8-4-7-20(15-21)22-16-23-9-11-26(17-22,28-23)12-14-29(24(31)18-30)13-10-19-5-2-1-3-6-19/h4,7-8,15,19,22-23,28,30H,1-3,5-6,9-14,16-18H2,(H2,27,32). The van der Waals surface area contributed by atoms with Crippen LogP contribution < -0.4 is 11.1 Å². The molecule has 2 bridgehead atoms. The van der Waals surface area contributed by atoms with Crippen LogP contribution in [0.1, 0.15) is 92.5 Å². The van der Waals surface area contributed by atoms with E-state index in [0.29, 0.717) is 24.1 Å². The van der Waals surface area contributed by atoms with Crippen LogP contribution in [0, 0.1) is 5.92 Å². The number of piperidine rings is 1. The summed E-state index contributed by atoms with van der Waals surface area (Å²) in [5, 5.41) is 13.4. The largest absolute Gasteiger partial charge is 0.387 e. The van der Waals surface area contributed by atoms with Crippen molar-refractivity contribution in [1.82, 2.24) is 10.2 Å². The number of nitrogens with one attached hydrogen (secondary N) is 1. The van der Waals surface area contributed by atoms with E-state index in [4.69, 9.17) is 5.73 Å². The Morgan fingerprint density at radius 2 is 1.97 bits per heavy atom. The Kier molecular flexibility index (Phi) is 7.51. The van der Waals surface area contributed by atoms with Crippen molar-refractivity contribution in [2.45, 2.75) is 88.1 Å². The Morgan fingerprint density at radius 3 is 2.72 bits per heavy atom. The van der Waals surface area contributed by atoms with E-state index in [1.165, 1.54) is 37.7 Å². The lowest BCUT2D eigenvalue weighted by atomic mass is 9.77. The van der Waals surface area contributed by atoms with Gasteiger partial charge in [-0.2, -0.15) is 0 Å². The van der Waals surface area contributed by atoms with Gasteiger partial charge in [-0.1, -0.05) is 44.2 Å². The van der Waals surface area contributed by atoms with Gasteiger partial charge in [0.2, 0.25) is 11.8 Å². The van der Waals surface area contributed by atoms with Crippen LogP contribution in [0.2, 0.25) is 0 Å². The van der Waals surface area contributed by atoms with Gasteiger partial charge in [0.1, 0.15) is 6.61 Å². The number of hydrogen-bond acceptors (Lipinski definition) is 4. The predicted octanol–water partition coefficient (Wildman–Crippen LogP) is 3.34. The van der Waals surface area contributed by atoms with Crippen LogP contribution in [0.25, 0.3) is 0 Å². The molecule has 3 atom stereocenters. The van der Waals surface area contributed by atoms with E-state index in [9.17, 15) is 14.7 Å². The fourth-order valence-corrected chi connectivity index (χ4v) is 6.39. The van der Waals surface area contributed by atoms with E-state index in [0.717, 1.165) is 51.0 Å². The molecular formula is C26H39N3O3. The summed E-state index contributed by atoms with van der Waals surface area (Å²) in [6.07, 6.45) is 12.8. The van der Waals surface area contributed by atoms with Crippen molar-refractivity contribution < 1.29 is 14.7 Å². The first-order valence-electron chi connectivity index (χ1n) is 12.5. The van der Waals surface area contributed by atoms with E-state index in [1.807, 2.05) is 17.0 Å². The summed E-state index contributed by atoms with van der Waals surface area (Å²) in [5.41, 5.74) is 7.29. The van der Waals surface area contributed by atoms with Crippen molar-refractivity contribution in [2.75, 3.05) is 19.7 Å². The summed E-state index contributed by atoms with van der Waals surface area (Å²) in [6.45, 7) is 1.05. The molecule has 2 amide bonds. The van der Waals surface area contributed by atoms with Crippen LogP contribution in [0.4, 0.5) is 0 Å². The van der Waals surface area contributed by atoms with E-state index < -0.39 is 6.61 Å². The van der Waals surface area contributed by atoms with Crippen LogP contribution >= 0.6 is 0 Å². The van der Waals surface area contributed by atoms with Crippen molar-refractivity contribution in [3.63, 3.8) is 0 Å². The normalized spacial score (nSPS) is 27.9. The van der Waals surface area contributed by atoms with Crippen molar-refractivity contribution in [1.29, 1.82) is 0 Å². The number of nitrogens with zero attached hydrogens (tertiary/aromatic N) is 1. The average molecular weight is 442 g/mol. The second-order valence-corrected chi connectivity index (χ2v) is 10.4. The van der Waals surface area contributed by atoms with Crippen LogP contribution in [0.15, 0.2) is 24.3 Å². The van der Waals surface area contributed by atoms with Gasteiger partial charge in [0.15, 0.2) is 0 Å². The summed E-state index contributed by atoms with van der Waals surface area (Å²) in [4.78, 5) is 26.0. The first-order valence-corrected chi connectivity index (χ1v) is 12.5. The molecule has 3 fully saturated rings. The van der Waals surface area contributed by atoms with Crippen LogP contribution in [0.5, 0.6) is 0 Å². The molecule has 4 N–H and O–H groups in total. The van der Waals surface area contributed by atoms with Gasteiger partial charge in [0, 0.05) is 30.2 Å². The fraction of sp³-hybridized carbons (Fsp3) is 0.692. The van der Waals surface area contributed by atoms with Gasteiger partial charge in [0.25, 0.3) is 0 Å². The highest BCUT2D eigenvalue weighted by Crippen LogP contribution is 2.45. The highest BCUT2D eigenvalue weighted by Gasteiger charge is 2.45. The molecule has 1 saturated carbocycles. The fourth-order valence-electron chi connectivity index (χ4n) is 6.39. The Morgan fingerprint density at radius 1 is 1.16 bits per heavy atom. The second kappa shape index (κ2) is 10.3. The third kappa shape index (κ3) is 5.52. The molecule has 0 aromatic heterocycles. The van der Waals surface area contributed by atoms with Gasteiger partial charge in [0.05, 0.1) is 0 Å². The molecule has 3 unspecified atom stereocenters. The molecule has 0 spiro atoms. The van der Waals surface area contributed by atoms with Gasteiger partial charge in [-0.25, -0.2) is 0 Å². The number of amides is 2. The smallest absolute Gasteiger partial charge is 0.248 e. The molecule has 32 heavy (non-hydrogen) atoms. The number of carbonyl (C=O) groups excluding carboxylic acids is 2. The molecule has 1 aromatic carbocycles. The topological polar surface area (TPSA) is 95.7 Å². The lowest BCUT2D eigenvalue weighted by Crippen LogP contribution is -2.51. The number of carbonyl (C=O) groups is 2. The number of fused-ring (bicyclic) bond motifs is 2. The van der Waals surface area contributed by atoms with Crippen LogP contribution in [-0.2, 0) is 4.79 Å². The maximum absolute atomic E-state index is 12.5. The minimum absolute atomic E-state index is 0.0230. The lowest BCUT2D eigenvalue weighted by molar-refractivity contribution is -0.134. The second-order valence-electron chi connectivity index (χ2n) is 10.4. The molecule has 0 radical (unpaired) electrons. The number of nitrogens with two attached hydrogens (primary N) is 1. The molecule has 6 nitrogen and oxygen atoms in total. The Bertz CT molecular complexity index is 807. The molecule has 4 rings (SSSR count). The van der Waals surface area contributed by atoms with E-state index in [2.05, 4.69) is 11.4 Å². The van der Waals surface area contributed by atoms with Crippen molar-refractivity contribution in [2.24, 2.45) is 11.7 Å². The van der Waals surface area contributed by atoms with Crippen molar-refractivity contribution in [3.8, 4) is 0 Å². The maximum Gasteiger partial charge on any atom is 0.248 e. The van der Waals surface area contributed by atoms with Crippen molar-refractivity contribution >= 4 is 11.8 Å². The summed E-state index contributed by atoms with van der Waals surface area (Å²) >= 11 is 0. The molecule has 2 heterocycles. The number of aliphatic hydroxyl groups is 1. The zero-order valence-corrected chi connectivity index (χ0v) is 19.2. The third-order valence-corrected chi connectivity index (χ3v) is 8.21. The quantitative estimate of drug-likeness (QED) is 0.548. The van der Waals surface area contributed by atoms with Gasteiger partial charge in [-0.05, 0) is 68.1 Å². The van der Waals surface area contributed by atoms with Gasteiger partial charge in [-0.15, -0.1) is 0 Å². The zero-order chi connectivity index (χ0) is 22.6. The number of aliphatic hydroxyl groups excluding tert-OH is 1. The van der Waals surface area contributed by atoms with Crippen molar-refractivity contribution in [3.05, 3.63) is 35.4 Å². The summed E-state index contributed by atoms with van der Waals surface area (Å²) < 4.78 is 0. The minimum atomic E-state index is -0.406. The van der Waals surface area contributed by atoms with Crippen LogP contribution in [0.3, 0.4) is 0 Å². The van der Waals surface area contributed by atoms with E-state index >= 15 is 0 Å². The zero-order valence-electron chi connectivity index (χ0n) is 19.2. The van der Waals surface area contributed by atoms with Gasteiger partial charge >= 0.3 is 0 Å². The third-order valence-electron chi connectivity index (χ3n) is 8.21. The first kappa shape index (κ1) is 23.2. The molecule has 2 aliphatic heterocycles. The van der Waals surface area contributed by atoms with E-state index in [-0.39, 0.29) is 17.4 Å². The molecule has 1 aromatic rings. The summed E-state index contributed by atoms with van der Waals surface area (Å²) in [6, 6.07) is 8.26. The van der Waals surface area contributed by atoms with Gasteiger partial charge in [-0.3, -0.25) is 9.59 Å². The number of primary amides is 1. The minimum Gasteiger partial charge on any atom is -0.387 e.